The van der Waals surface area contributed by atoms with E-state index in [1.165, 1.54) is 116 Å². The van der Waals surface area contributed by atoms with Crippen molar-refractivity contribution in [3.63, 3.8) is 0 Å². The molecule has 0 heterocycles. The summed E-state index contributed by atoms with van der Waals surface area (Å²) in [6.07, 6.45) is 26.7. The van der Waals surface area contributed by atoms with Gasteiger partial charge in [-0.25, -0.2) is 9.78 Å². The van der Waals surface area contributed by atoms with Crippen LogP contribution in [-0.4, -0.2) is 58.1 Å². The van der Waals surface area contributed by atoms with E-state index >= 15 is 0 Å². The van der Waals surface area contributed by atoms with Gasteiger partial charge < -0.3 is 14.2 Å². The molecule has 5 nitrogen and oxygen atoms in total. The van der Waals surface area contributed by atoms with Gasteiger partial charge in [0.05, 0.1) is 18.8 Å². The van der Waals surface area contributed by atoms with Crippen molar-refractivity contribution in [3.8, 4) is 0 Å². The molecule has 3 unspecified atom stereocenters. The molecule has 1 aliphatic carbocycles. The second-order valence-electron chi connectivity index (χ2n) is 14.3. The highest BCUT2D eigenvalue weighted by atomic mass is 127. The number of rotatable bonds is 14. The molecule has 0 aromatic heterocycles. The van der Waals surface area contributed by atoms with Gasteiger partial charge in [-0.2, -0.15) is 0 Å². The topological polar surface area (TPSA) is 46.2 Å². The lowest BCUT2D eigenvalue weighted by molar-refractivity contribution is -0.397. The molecule has 0 aromatic carbocycles. The van der Waals surface area contributed by atoms with Gasteiger partial charge in [0.15, 0.2) is 6.79 Å². The van der Waals surface area contributed by atoms with Crippen molar-refractivity contribution in [3.05, 3.63) is 0 Å². The van der Waals surface area contributed by atoms with Gasteiger partial charge >= 0.3 is 0 Å². The zero-order chi connectivity index (χ0) is 31.2. The van der Waals surface area contributed by atoms with Gasteiger partial charge in [0, 0.05) is 10.0 Å². The number of hydrogen-bond acceptors (Lipinski definition) is 5. The Morgan fingerprint density at radius 2 is 1.19 bits per heavy atom. The van der Waals surface area contributed by atoms with Gasteiger partial charge in [0.25, 0.3) is 0 Å². The molecule has 0 N–H and O–H groups in total. The Morgan fingerprint density at radius 3 is 1.71 bits per heavy atom. The van der Waals surface area contributed by atoms with Crippen LogP contribution in [0.15, 0.2) is 0 Å². The molecule has 1 fully saturated rings. The van der Waals surface area contributed by atoms with Crippen molar-refractivity contribution < 1.29 is 24.0 Å². The molecule has 0 amide bonds. The number of alkyl halides is 1. The van der Waals surface area contributed by atoms with Crippen LogP contribution in [0.2, 0.25) is 10.6 Å². The molecule has 0 bridgehead atoms. The van der Waals surface area contributed by atoms with E-state index in [9.17, 15) is 0 Å². The lowest BCUT2D eigenvalue weighted by Crippen LogP contribution is -2.46. The summed E-state index contributed by atoms with van der Waals surface area (Å²) in [4.78, 5) is 12.0. The SMILES string of the molecule is BC1(CCC)CCCCCCCCCCCCCCCC(I)(CC)CC(B)(C(C)(C)OOCOCOCCOCC)C1. The molecule has 0 radical (unpaired) electrons. The van der Waals surface area contributed by atoms with E-state index in [-0.39, 0.29) is 22.3 Å². The normalized spacial score (nSPS) is 28.8. The molecule has 3 atom stereocenters. The Kier molecular flexibility index (Phi) is 22.3. The van der Waals surface area contributed by atoms with E-state index in [2.05, 4.69) is 66.0 Å². The monoisotopic (exact) mass is 706 g/mol. The molecule has 0 saturated heterocycles. The van der Waals surface area contributed by atoms with Crippen LogP contribution in [0, 0.1) is 0 Å². The highest BCUT2D eigenvalue weighted by Gasteiger charge is 2.50. The van der Waals surface area contributed by atoms with E-state index in [4.69, 9.17) is 24.0 Å². The summed E-state index contributed by atoms with van der Waals surface area (Å²) in [6, 6.07) is 0. The summed E-state index contributed by atoms with van der Waals surface area (Å²) < 4.78 is 16.6. The van der Waals surface area contributed by atoms with Gasteiger partial charge in [0.1, 0.15) is 22.5 Å². The van der Waals surface area contributed by atoms with Crippen LogP contribution in [0.4, 0.5) is 0 Å². The minimum atomic E-state index is -0.468. The fourth-order valence-corrected chi connectivity index (χ4v) is 8.31. The molecular formula is C34H69B2IO5. The Bertz CT molecular complexity index is 657. The summed E-state index contributed by atoms with van der Waals surface area (Å²) in [5.41, 5.74) is -0.468. The third-order valence-corrected chi connectivity index (χ3v) is 11.7. The van der Waals surface area contributed by atoms with Crippen LogP contribution in [-0.2, 0) is 24.0 Å². The van der Waals surface area contributed by atoms with Crippen LogP contribution in [0.1, 0.15) is 163 Å². The minimum Gasteiger partial charge on any atom is -0.379 e. The zero-order valence-electron chi connectivity index (χ0n) is 29.1. The summed E-state index contributed by atoms with van der Waals surface area (Å²) in [6.45, 7) is 13.2. The quantitative estimate of drug-likeness (QED) is 0.0343. The Balaban J connectivity index is 3.01. The first-order valence-corrected chi connectivity index (χ1v) is 18.9. The minimum absolute atomic E-state index is 0.0526. The average molecular weight is 706 g/mol. The standard InChI is InChI=1S/C34H69B2IO5/c1-6-22-32(35)23-20-18-16-14-12-10-9-11-13-15-17-19-21-24-33(37,7-2)28-34(36,27-32)31(4,5)42-41-30-40-29-39-26-25-38-8-3/h6-30,35-36H2,1-5H3. The summed E-state index contributed by atoms with van der Waals surface area (Å²) in [5, 5.41) is 0.240. The molecule has 1 aliphatic rings. The molecule has 248 valence electrons. The van der Waals surface area contributed by atoms with Crippen molar-refractivity contribution in [2.24, 2.45) is 0 Å². The lowest BCUT2D eigenvalue weighted by Gasteiger charge is -2.51. The summed E-state index contributed by atoms with van der Waals surface area (Å²) >= 11 is 2.82. The number of halogens is 1. The molecule has 8 heteroatoms. The van der Waals surface area contributed by atoms with Gasteiger partial charge in [-0.15, -0.1) is 0 Å². The first kappa shape index (κ1) is 40.7. The largest absolute Gasteiger partial charge is 0.379 e. The van der Waals surface area contributed by atoms with Crippen LogP contribution in [0.25, 0.3) is 0 Å². The van der Waals surface area contributed by atoms with Gasteiger partial charge in [-0.05, 0) is 45.3 Å². The van der Waals surface area contributed by atoms with E-state index in [0.717, 1.165) is 12.8 Å². The van der Waals surface area contributed by atoms with Crippen LogP contribution >= 0.6 is 22.6 Å². The van der Waals surface area contributed by atoms with Crippen molar-refractivity contribution in [2.45, 2.75) is 183 Å². The predicted octanol–water partition coefficient (Wildman–Crippen LogP) is 9.31. The second-order valence-corrected chi connectivity index (χ2v) is 16.6. The maximum Gasteiger partial charge on any atom is 0.183 e. The summed E-state index contributed by atoms with van der Waals surface area (Å²) in [7, 11) is 5.04. The number of ether oxygens (including phenoxy) is 3. The molecule has 42 heavy (non-hydrogen) atoms. The Hall–Kier alpha value is 0.660. The molecule has 0 aromatic rings. The zero-order valence-corrected chi connectivity index (χ0v) is 31.3. The molecular weight excluding hydrogens is 637 g/mol. The predicted molar refractivity (Wildman–Crippen MR) is 192 cm³/mol. The highest BCUT2D eigenvalue weighted by Crippen LogP contribution is 2.59. The van der Waals surface area contributed by atoms with Crippen LogP contribution in [0.3, 0.4) is 0 Å². The summed E-state index contributed by atoms with van der Waals surface area (Å²) in [5.74, 6) is 0. The van der Waals surface area contributed by atoms with Crippen molar-refractivity contribution in [1.82, 2.24) is 0 Å². The highest BCUT2D eigenvalue weighted by molar-refractivity contribution is 14.1. The van der Waals surface area contributed by atoms with E-state index < -0.39 is 5.60 Å². The third-order valence-electron chi connectivity index (χ3n) is 10.0. The fourth-order valence-electron chi connectivity index (χ4n) is 7.08. The first-order valence-electron chi connectivity index (χ1n) is 17.8. The van der Waals surface area contributed by atoms with Crippen LogP contribution in [0.5, 0.6) is 0 Å². The molecule has 1 rings (SSSR count). The lowest BCUT2D eigenvalue weighted by atomic mass is 9.45. The van der Waals surface area contributed by atoms with E-state index in [1.54, 1.807) is 0 Å². The first-order chi connectivity index (χ1) is 20.1. The van der Waals surface area contributed by atoms with Crippen molar-refractivity contribution in [1.29, 1.82) is 0 Å². The Morgan fingerprint density at radius 1 is 0.667 bits per heavy atom. The molecule has 0 spiro atoms. The van der Waals surface area contributed by atoms with Crippen molar-refractivity contribution >= 4 is 38.3 Å². The second kappa shape index (κ2) is 23.1. The molecule has 0 aliphatic heterocycles. The van der Waals surface area contributed by atoms with Crippen molar-refractivity contribution in [2.75, 3.05) is 33.4 Å². The third kappa shape index (κ3) is 17.4. The van der Waals surface area contributed by atoms with Gasteiger partial charge in [-0.3, -0.25) is 0 Å². The number of hydrogen-bond donors (Lipinski definition) is 0. The fraction of sp³-hybridized carbons (Fsp3) is 1.00. The van der Waals surface area contributed by atoms with Gasteiger partial charge in [-0.1, -0.05) is 151 Å². The van der Waals surface area contributed by atoms with Crippen LogP contribution < -0.4 is 0 Å². The van der Waals surface area contributed by atoms with Gasteiger partial charge in [0.2, 0.25) is 0 Å². The maximum atomic E-state index is 6.28. The smallest absolute Gasteiger partial charge is 0.183 e. The maximum absolute atomic E-state index is 6.28. The average Bonchev–Trinajstić information content (AvgIpc) is 2.93. The molecule has 1 saturated carbocycles. The van der Waals surface area contributed by atoms with E-state index in [1.807, 2.05) is 6.92 Å². The van der Waals surface area contributed by atoms with E-state index in [0.29, 0.717) is 25.1 Å². The Labute approximate surface area is 277 Å².